The molecule has 4 nitrogen and oxygen atoms in total. The van der Waals surface area contributed by atoms with Crippen LogP contribution in [0.4, 0.5) is 5.82 Å². The molecular weight excluding hydrogens is 333 g/mol. The summed E-state index contributed by atoms with van der Waals surface area (Å²) in [5.41, 5.74) is 6.76. The van der Waals surface area contributed by atoms with Gasteiger partial charge in [0, 0.05) is 22.8 Å². The molecule has 1 amide bonds. The molecule has 1 aromatic carbocycles. The third kappa shape index (κ3) is 4.24. The number of benzene rings is 1. The molecule has 0 atom stereocenters. The lowest BCUT2D eigenvalue weighted by Crippen LogP contribution is -2.26. The fraction of sp³-hybridized carbons (Fsp3) is 0.143. The Hall–Kier alpha value is -1.49. The van der Waals surface area contributed by atoms with Crippen LogP contribution in [0, 0.1) is 0 Å². The maximum Gasteiger partial charge on any atom is 0.252 e. The Morgan fingerprint density at radius 2 is 1.95 bits per heavy atom. The molecule has 0 fully saturated rings. The predicted octanol–water partition coefficient (Wildman–Crippen LogP) is 3.60. The number of nitrogens with two attached hydrogens (primary N) is 1. The topological polar surface area (TPSA) is 68.0 Å². The number of pyridine rings is 1. The summed E-state index contributed by atoms with van der Waals surface area (Å²) in [7, 11) is 0. The maximum atomic E-state index is 11.9. The number of hydrogen-bond acceptors (Lipinski definition) is 3. The van der Waals surface area contributed by atoms with Gasteiger partial charge in [0.1, 0.15) is 5.82 Å². The quantitative estimate of drug-likeness (QED) is 0.890. The highest BCUT2D eigenvalue weighted by molar-refractivity contribution is 6.35. The molecule has 21 heavy (non-hydrogen) atoms. The van der Waals surface area contributed by atoms with Crippen molar-refractivity contribution < 1.29 is 4.79 Å². The molecule has 2 rings (SSSR count). The second-order valence-corrected chi connectivity index (χ2v) is 5.58. The van der Waals surface area contributed by atoms with Crippen LogP contribution < -0.4 is 11.1 Å². The SMILES string of the molecule is Nc1ncc(C(=O)NCCc2ccc(Cl)cc2Cl)cc1Cl. The van der Waals surface area contributed by atoms with Gasteiger partial charge in [-0.05, 0) is 30.2 Å². The van der Waals surface area contributed by atoms with E-state index in [1.807, 2.05) is 6.07 Å². The second kappa shape index (κ2) is 6.98. The minimum absolute atomic E-state index is 0.196. The average molecular weight is 345 g/mol. The van der Waals surface area contributed by atoms with Crippen molar-refractivity contribution in [1.29, 1.82) is 0 Å². The molecule has 0 aliphatic rings. The van der Waals surface area contributed by atoms with Gasteiger partial charge in [0.2, 0.25) is 0 Å². The number of nitrogens with zero attached hydrogens (tertiary/aromatic N) is 1. The lowest BCUT2D eigenvalue weighted by Gasteiger charge is -2.07. The molecule has 0 saturated heterocycles. The molecule has 3 N–H and O–H groups in total. The Morgan fingerprint density at radius 3 is 2.62 bits per heavy atom. The van der Waals surface area contributed by atoms with Crippen LogP contribution in [0.3, 0.4) is 0 Å². The summed E-state index contributed by atoms with van der Waals surface area (Å²) in [4.78, 5) is 15.8. The standard InChI is InChI=1S/C14H12Cl3N3O/c15-10-2-1-8(11(16)6-10)3-4-19-14(21)9-5-12(17)13(18)20-7-9/h1-2,5-7H,3-4H2,(H2,18,20)(H,19,21). The van der Waals surface area contributed by atoms with Gasteiger partial charge in [-0.15, -0.1) is 0 Å². The number of rotatable bonds is 4. The first-order valence-corrected chi connectivity index (χ1v) is 7.24. The summed E-state index contributed by atoms with van der Waals surface area (Å²) in [6.07, 6.45) is 1.98. The van der Waals surface area contributed by atoms with E-state index in [4.69, 9.17) is 40.5 Å². The van der Waals surface area contributed by atoms with Gasteiger partial charge >= 0.3 is 0 Å². The Kier molecular flexibility index (Phi) is 5.28. The van der Waals surface area contributed by atoms with Crippen LogP contribution in [0.5, 0.6) is 0 Å². The fourth-order valence-corrected chi connectivity index (χ4v) is 2.38. The second-order valence-electron chi connectivity index (χ2n) is 4.33. The largest absolute Gasteiger partial charge is 0.382 e. The number of halogens is 3. The highest BCUT2D eigenvalue weighted by Gasteiger charge is 2.09. The minimum atomic E-state index is -0.269. The van der Waals surface area contributed by atoms with E-state index in [0.717, 1.165) is 5.56 Å². The van der Waals surface area contributed by atoms with Crippen LogP contribution in [0.1, 0.15) is 15.9 Å². The van der Waals surface area contributed by atoms with Gasteiger partial charge < -0.3 is 11.1 Å². The van der Waals surface area contributed by atoms with E-state index in [0.29, 0.717) is 28.6 Å². The smallest absolute Gasteiger partial charge is 0.252 e. The molecule has 2 aromatic rings. The van der Waals surface area contributed by atoms with E-state index < -0.39 is 0 Å². The Bertz CT molecular complexity index is 677. The summed E-state index contributed by atoms with van der Waals surface area (Å²) >= 11 is 17.7. The molecule has 0 spiro atoms. The van der Waals surface area contributed by atoms with Crippen molar-refractivity contribution in [1.82, 2.24) is 10.3 Å². The number of carbonyl (C=O) groups is 1. The average Bonchev–Trinajstić information content (AvgIpc) is 2.44. The number of anilines is 1. The minimum Gasteiger partial charge on any atom is -0.382 e. The van der Waals surface area contributed by atoms with Gasteiger partial charge in [0.25, 0.3) is 5.91 Å². The maximum absolute atomic E-state index is 11.9. The van der Waals surface area contributed by atoms with Crippen molar-refractivity contribution in [2.45, 2.75) is 6.42 Å². The Morgan fingerprint density at radius 1 is 1.19 bits per heavy atom. The number of carbonyl (C=O) groups excluding carboxylic acids is 1. The number of amides is 1. The van der Waals surface area contributed by atoms with E-state index in [2.05, 4.69) is 10.3 Å². The zero-order valence-corrected chi connectivity index (χ0v) is 13.1. The van der Waals surface area contributed by atoms with Gasteiger partial charge in [0.05, 0.1) is 10.6 Å². The molecule has 1 aromatic heterocycles. The highest BCUT2D eigenvalue weighted by atomic mass is 35.5. The van der Waals surface area contributed by atoms with E-state index in [9.17, 15) is 4.79 Å². The van der Waals surface area contributed by atoms with Crippen LogP contribution in [-0.2, 0) is 6.42 Å². The molecule has 0 saturated carbocycles. The Labute approximate surface area is 137 Å². The number of nitrogens with one attached hydrogen (secondary N) is 1. The van der Waals surface area contributed by atoms with Crippen molar-refractivity contribution >= 4 is 46.5 Å². The lowest BCUT2D eigenvalue weighted by atomic mass is 10.1. The van der Waals surface area contributed by atoms with E-state index in [-0.39, 0.29) is 16.7 Å². The van der Waals surface area contributed by atoms with Crippen LogP contribution in [0.25, 0.3) is 0 Å². The summed E-state index contributed by atoms with van der Waals surface area (Å²) in [5, 5.41) is 4.18. The monoisotopic (exact) mass is 343 g/mol. The Balaban J connectivity index is 1.93. The number of aromatic nitrogens is 1. The molecule has 7 heteroatoms. The van der Waals surface area contributed by atoms with Gasteiger partial charge in [0.15, 0.2) is 0 Å². The molecule has 0 aliphatic heterocycles. The van der Waals surface area contributed by atoms with Crippen molar-refractivity contribution in [2.75, 3.05) is 12.3 Å². The van der Waals surface area contributed by atoms with E-state index >= 15 is 0 Å². The third-order valence-corrected chi connectivity index (χ3v) is 3.72. The molecule has 0 aliphatic carbocycles. The van der Waals surface area contributed by atoms with E-state index in [1.165, 1.54) is 12.3 Å². The summed E-state index contributed by atoms with van der Waals surface area (Å²) in [6, 6.07) is 6.74. The number of hydrogen-bond donors (Lipinski definition) is 2. The normalized spacial score (nSPS) is 10.4. The lowest BCUT2D eigenvalue weighted by molar-refractivity contribution is 0.0954. The summed E-state index contributed by atoms with van der Waals surface area (Å²) in [6.45, 7) is 0.433. The molecule has 1 heterocycles. The summed E-state index contributed by atoms with van der Waals surface area (Å²) in [5.74, 6) is -0.0735. The van der Waals surface area contributed by atoms with Crippen molar-refractivity contribution in [3.63, 3.8) is 0 Å². The zero-order chi connectivity index (χ0) is 15.4. The first-order valence-electron chi connectivity index (χ1n) is 6.10. The third-order valence-electron chi connectivity index (χ3n) is 2.83. The number of nitrogen functional groups attached to an aromatic ring is 1. The predicted molar refractivity (Wildman–Crippen MR) is 86.2 cm³/mol. The van der Waals surface area contributed by atoms with Crippen LogP contribution in [0.2, 0.25) is 15.1 Å². The zero-order valence-electron chi connectivity index (χ0n) is 10.9. The van der Waals surface area contributed by atoms with Gasteiger partial charge in [-0.2, -0.15) is 0 Å². The first-order chi connectivity index (χ1) is 9.97. The highest BCUT2D eigenvalue weighted by Crippen LogP contribution is 2.21. The van der Waals surface area contributed by atoms with Gasteiger partial charge in [-0.25, -0.2) is 4.98 Å². The summed E-state index contributed by atoms with van der Waals surface area (Å²) < 4.78 is 0. The first kappa shape index (κ1) is 15.9. The van der Waals surface area contributed by atoms with E-state index in [1.54, 1.807) is 12.1 Å². The molecule has 0 radical (unpaired) electrons. The molecular formula is C14H12Cl3N3O. The molecule has 0 bridgehead atoms. The van der Waals surface area contributed by atoms with Crippen molar-refractivity contribution in [2.24, 2.45) is 0 Å². The van der Waals surface area contributed by atoms with Crippen LogP contribution in [-0.4, -0.2) is 17.4 Å². The molecule has 0 unspecified atom stereocenters. The fourth-order valence-electron chi connectivity index (χ4n) is 1.71. The van der Waals surface area contributed by atoms with Gasteiger partial charge in [-0.3, -0.25) is 4.79 Å². The van der Waals surface area contributed by atoms with Crippen molar-refractivity contribution in [3.05, 3.63) is 56.7 Å². The molecule has 110 valence electrons. The van der Waals surface area contributed by atoms with Gasteiger partial charge in [-0.1, -0.05) is 40.9 Å². The van der Waals surface area contributed by atoms with Crippen LogP contribution in [0.15, 0.2) is 30.5 Å². The van der Waals surface area contributed by atoms with Crippen LogP contribution >= 0.6 is 34.8 Å². The van der Waals surface area contributed by atoms with Crippen molar-refractivity contribution in [3.8, 4) is 0 Å².